The number of hydrogen-bond acceptors (Lipinski definition) is 4. The van der Waals surface area contributed by atoms with Crippen LogP contribution in [0.2, 0.25) is 0 Å². The molecule has 0 aliphatic rings. The molecule has 0 spiro atoms. The normalized spacial score (nSPS) is 9.12. The first-order valence-corrected chi connectivity index (χ1v) is 4.84. The van der Waals surface area contributed by atoms with E-state index in [2.05, 4.69) is 16.5 Å². The number of nitrogens with two attached hydrogens (primary N) is 1. The molecule has 4 nitrogen and oxygen atoms in total. The third kappa shape index (κ3) is 2.48. The summed E-state index contributed by atoms with van der Waals surface area (Å²) < 4.78 is 5.05. The Morgan fingerprint density at radius 2 is 1.94 bits per heavy atom. The highest BCUT2D eigenvalue weighted by Crippen LogP contribution is 2.24. The van der Waals surface area contributed by atoms with E-state index in [0.29, 0.717) is 17.1 Å². The topological polar surface area (TPSA) is 61.0 Å². The van der Waals surface area contributed by atoms with Crippen molar-refractivity contribution in [2.24, 2.45) is 0 Å². The van der Waals surface area contributed by atoms with Crippen molar-refractivity contribution in [2.75, 3.05) is 12.8 Å². The van der Waals surface area contributed by atoms with Crippen LogP contribution in [0.4, 0.5) is 5.69 Å². The molecule has 0 aliphatic heterocycles. The highest BCUT2D eigenvalue weighted by Gasteiger charge is 2.04. The SMILES string of the molecule is C=CC.COc1nccc2c(N)ccnc12. The van der Waals surface area contributed by atoms with Gasteiger partial charge in [-0.1, -0.05) is 6.08 Å². The lowest BCUT2D eigenvalue weighted by Gasteiger charge is -2.03. The van der Waals surface area contributed by atoms with Gasteiger partial charge in [-0.3, -0.25) is 4.98 Å². The minimum atomic E-state index is 0.504. The van der Waals surface area contributed by atoms with Crippen LogP contribution >= 0.6 is 0 Å². The van der Waals surface area contributed by atoms with E-state index in [0.717, 1.165) is 5.39 Å². The predicted octanol–water partition coefficient (Wildman–Crippen LogP) is 2.41. The first kappa shape index (κ1) is 12.0. The van der Waals surface area contributed by atoms with E-state index in [1.807, 2.05) is 13.0 Å². The molecule has 2 rings (SSSR count). The Bertz CT molecular complexity index is 483. The van der Waals surface area contributed by atoms with Gasteiger partial charge in [-0.05, 0) is 19.1 Å². The fraction of sp³-hybridized carbons (Fsp3) is 0.167. The molecule has 0 radical (unpaired) electrons. The van der Waals surface area contributed by atoms with Gasteiger partial charge in [0.25, 0.3) is 0 Å². The standard InChI is InChI=1S/C9H9N3O.C3H6/c1-13-9-8-6(2-4-12-9)7(10)3-5-11-8;1-3-2/h2-5H,1H3,(H2,10,11);3H,1H2,2H3. The number of pyridine rings is 2. The van der Waals surface area contributed by atoms with Crippen molar-refractivity contribution in [3.05, 3.63) is 37.2 Å². The van der Waals surface area contributed by atoms with Gasteiger partial charge in [0.1, 0.15) is 5.52 Å². The van der Waals surface area contributed by atoms with Gasteiger partial charge >= 0.3 is 0 Å². The fourth-order valence-corrected chi connectivity index (χ4v) is 1.22. The Labute approximate surface area is 94.8 Å². The predicted molar refractivity (Wildman–Crippen MR) is 66.4 cm³/mol. The van der Waals surface area contributed by atoms with Crippen LogP contribution in [0.25, 0.3) is 10.9 Å². The summed E-state index contributed by atoms with van der Waals surface area (Å²) in [4.78, 5) is 8.17. The van der Waals surface area contributed by atoms with Gasteiger partial charge in [0, 0.05) is 23.5 Å². The van der Waals surface area contributed by atoms with Crippen LogP contribution in [-0.4, -0.2) is 17.1 Å². The van der Waals surface area contributed by atoms with E-state index in [-0.39, 0.29) is 0 Å². The summed E-state index contributed by atoms with van der Waals surface area (Å²) in [6.45, 7) is 5.25. The molecule has 84 valence electrons. The summed E-state index contributed by atoms with van der Waals surface area (Å²) in [7, 11) is 1.56. The number of nitrogens with zero attached hydrogens (tertiary/aromatic N) is 2. The maximum Gasteiger partial charge on any atom is 0.240 e. The fourth-order valence-electron chi connectivity index (χ4n) is 1.22. The third-order valence-corrected chi connectivity index (χ3v) is 1.85. The number of fused-ring (bicyclic) bond motifs is 1. The van der Waals surface area contributed by atoms with Gasteiger partial charge in [-0.15, -0.1) is 6.58 Å². The largest absolute Gasteiger partial charge is 0.479 e. The number of nitrogen functional groups attached to an aromatic ring is 1. The monoisotopic (exact) mass is 217 g/mol. The summed E-state index contributed by atoms with van der Waals surface area (Å²) >= 11 is 0. The second-order valence-corrected chi connectivity index (χ2v) is 3.02. The lowest BCUT2D eigenvalue weighted by atomic mass is 10.2. The molecule has 0 aliphatic carbocycles. The Balaban J connectivity index is 0.000000386. The Hall–Kier alpha value is -2.10. The summed E-state index contributed by atoms with van der Waals surface area (Å²) in [6.07, 6.45) is 5.04. The quantitative estimate of drug-likeness (QED) is 0.745. The van der Waals surface area contributed by atoms with Gasteiger partial charge in [-0.25, -0.2) is 4.98 Å². The van der Waals surface area contributed by atoms with E-state index in [4.69, 9.17) is 10.5 Å². The van der Waals surface area contributed by atoms with Crippen LogP contribution in [0.15, 0.2) is 37.2 Å². The second-order valence-electron chi connectivity index (χ2n) is 3.02. The lowest BCUT2D eigenvalue weighted by Crippen LogP contribution is -1.93. The van der Waals surface area contributed by atoms with Crippen LogP contribution in [0, 0.1) is 0 Å². The van der Waals surface area contributed by atoms with Crippen molar-refractivity contribution in [2.45, 2.75) is 6.92 Å². The average Bonchev–Trinajstić information content (AvgIpc) is 2.30. The third-order valence-electron chi connectivity index (χ3n) is 1.85. The summed E-state index contributed by atoms with van der Waals surface area (Å²) in [6, 6.07) is 3.57. The molecule has 0 saturated heterocycles. The Kier molecular flexibility index (Phi) is 4.27. The maximum atomic E-state index is 5.76. The number of anilines is 1. The van der Waals surface area contributed by atoms with Crippen LogP contribution in [-0.2, 0) is 0 Å². The zero-order valence-corrected chi connectivity index (χ0v) is 9.47. The molecular formula is C12H15N3O. The summed E-state index contributed by atoms with van der Waals surface area (Å²) in [5.41, 5.74) is 7.14. The van der Waals surface area contributed by atoms with Crippen molar-refractivity contribution >= 4 is 16.6 Å². The van der Waals surface area contributed by atoms with Gasteiger partial charge in [0.05, 0.1) is 7.11 Å². The van der Waals surface area contributed by atoms with Gasteiger partial charge in [-0.2, -0.15) is 0 Å². The molecule has 2 aromatic rings. The lowest BCUT2D eigenvalue weighted by molar-refractivity contribution is 0.402. The number of rotatable bonds is 1. The van der Waals surface area contributed by atoms with Crippen molar-refractivity contribution in [3.8, 4) is 5.88 Å². The highest BCUT2D eigenvalue weighted by atomic mass is 16.5. The number of aromatic nitrogens is 2. The Morgan fingerprint density at radius 3 is 2.56 bits per heavy atom. The summed E-state index contributed by atoms with van der Waals surface area (Å²) in [5, 5.41) is 0.870. The average molecular weight is 217 g/mol. The molecule has 0 bridgehead atoms. The number of allylic oxidation sites excluding steroid dienone is 1. The van der Waals surface area contributed by atoms with E-state index < -0.39 is 0 Å². The van der Waals surface area contributed by atoms with Gasteiger partial charge in [0.15, 0.2) is 0 Å². The maximum absolute atomic E-state index is 5.76. The molecule has 2 heterocycles. The van der Waals surface area contributed by atoms with E-state index >= 15 is 0 Å². The number of hydrogen-bond donors (Lipinski definition) is 1. The van der Waals surface area contributed by atoms with E-state index in [9.17, 15) is 0 Å². The second kappa shape index (κ2) is 5.70. The van der Waals surface area contributed by atoms with Crippen LogP contribution in [0.5, 0.6) is 5.88 Å². The number of methoxy groups -OCH3 is 1. The van der Waals surface area contributed by atoms with Crippen molar-refractivity contribution in [3.63, 3.8) is 0 Å². The van der Waals surface area contributed by atoms with Gasteiger partial charge in [0.2, 0.25) is 5.88 Å². The first-order chi connectivity index (χ1) is 7.74. The molecule has 0 aromatic carbocycles. The molecule has 0 unspecified atom stereocenters. The van der Waals surface area contributed by atoms with Crippen molar-refractivity contribution in [1.82, 2.24) is 9.97 Å². The van der Waals surface area contributed by atoms with Crippen LogP contribution in [0.3, 0.4) is 0 Å². The molecule has 4 heteroatoms. The summed E-state index contributed by atoms with van der Waals surface area (Å²) in [5.74, 6) is 0.504. The van der Waals surface area contributed by atoms with Crippen molar-refractivity contribution in [1.29, 1.82) is 0 Å². The molecular weight excluding hydrogens is 202 g/mol. The smallest absolute Gasteiger partial charge is 0.240 e. The van der Waals surface area contributed by atoms with Crippen LogP contribution < -0.4 is 10.5 Å². The molecule has 0 fully saturated rings. The van der Waals surface area contributed by atoms with Crippen molar-refractivity contribution < 1.29 is 4.74 Å². The minimum Gasteiger partial charge on any atom is -0.479 e. The molecule has 2 aromatic heterocycles. The zero-order chi connectivity index (χ0) is 12.0. The number of ether oxygens (including phenoxy) is 1. The molecule has 0 saturated carbocycles. The zero-order valence-electron chi connectivity index (χ0n) is 9.47. The minimum absolute atomic E-state index is 0.504. The molecule has 0 amide bonds. The first-order valence-electron chi connectivity index (χ1n) is 4.84. The molecule has 0 atom stereocenters. The van der Waals surface area contributed by atoms with E-state index in [1.165, 1.54) is 0 Å². The van der Waals surface area contributed by atoms with E-state index in [1.54, 1.807) is 31.6 Å². The van der Waals surface area contributed by atoms with Gasteiger partial charge < -0.3 is 10.5 Å². The molecule has 2 N–H and O–H groups in total. The van der Waals surface area contributed by atoms with Crippen LogP contribution in [0.1, 0.15) is 6.92 Å². The highest BCUT2D eigenvalue weighted by molar-refractivity contribution is 5.92. The molecule has 16 heavy (non-hydrogen) atoms. The Morgan fingerprint density at radius 1 is 1.31 bits per heavy atom.